The molecule has 7 heteroatoms. The molecule has 2 rings (SSSR count). The summed E-state index contributed by atoms with van der Waals surface area (Å²) in [5.74, 6) is -0.279. The standard InChI is InChI=1S/C9H9N5O2/c10-9-12-7(13-14-9)8(16)11-5-1-3-6(15)4-2-5/h1-4,15H,(H,11,16)(H3,10,12,13,14). The molecule has 2 aromatic rings. The van der Waals surface area contributed by atoms with Gasteiger partial charge in [0.1, 0.15) is 5.75 Å². The van der Waals surface area contributed by atoms with Gasteiger partial charge in [-0.1, -0.05) is 0 Å². The van der Waals surface area contributed by atoms with Crippen molar-refractivity contribution in [1.29, 1.82) is 0 Å². The fraction of sp³-hybridized carbons (Fsp3) is 0. The summed E-state index contributed by atoms with van der Waals surface area (Å²) in [5.41, 5.74) is 5.80. The second-order valence-electron chi connectivity index (χ2n) is 3.04. The highest BCUT2D eigenvalue weighted by Gasteiger charge is 2.10. The Hall–Kier alpha value is -2.57. The van der Waals surface area contributed by atoms with Crippen LogP contribution in [0.5, 0.6) is 5.75 Å². The number of carbonyl (C=O) groups is 1. The normalized spacial score (nSPS) is 10.0. The van der Waals surface area contributed by atoms with Crippen LogP contribution in [-0.4, -0.2) is 26.2 Å². The number of phenols is 1. The summed E-state index contributed by atoms with van der Waals surface area (Å²) in [4.78, 5) is 15.2. The second-order valence-corrected chi connectivity index (χ2v) is 3.04. The van der Waals surface area contributed by atoms with Crippen LogP contribution in [0.3, 0.4) is 0 Å². The first-order valence-corrected chi connectivity index (χ1v) is 4.43. The average molecular weight is 219 g/mol. The lowest BCUT2D eigenvalue weighted by Gasteiger charge is -2.02. The number of nitrogens with zero attached hydrogens (tertiary/aromatic N) is 2. The van der Waals surface area contributed by atoms with Gasteiger partial charge in [-0.15, -0.1) is 5.10 Å². The van der Waals surface area contributed by atoms with Crippen LogP contribution in [0.2, 0.25) is 0 Å². The van der Waals surface area contributed by atoms with Crippen LogP contribution in [0.25, 0.3) is 0 Å². The van der Waals surface area contributed by atoms with Gasteiger partial charge in [-0.05, 0) is 24.3 Å². The topological polar surface area (TPSA) is 117 Å². The third-order valence-electron chi connectivity index (χ3n) is 1.84. The SMILES string of the molecule is Nc1n[nH]c(C(=O)Nc2ccc(O)cc2)n1. The minimum absolute atomic E-state index is 0.0101. The highest BCUT2D eigenvalue weighted by molar-refractivity contribution is 6.01. The molecule has 0 bridgehead atoms. The van der Waals surface area contributed by atoms with Crippen molar-refractivity contribution in [2.24, 2.45) is 0 Å². The maximum atomic E-state index is 11.5. The van der Waals surface area contributed by atoms with E-state index in [2.05, 4.69) is 20.5 Å². The molecule has 1 amide bonds. The Bertz CT molecular complexity index is 505. The van der Waals surface area contributed by atoms with Gasteiger partial charge in [0.25, 0.3) is 5.91 Å². The van der Waals surface area contributed by atoms with E-state index in [4.69, 9.17) is 10.8 Å². The van der Waals surface area contributed by atoms with E-state index >= 15 is 0 Å². The average Bonchev–Trinajstić information content (AvgIpc) is 2.68. The Labute approximate surface area is 90.3 Å². The number of carbonyl (C=O) groups excluding carboxylic acids is 1. The number of benzene rings is 1. The summed E-state index contributed by atoms with van der Waals surface area (Å²) < 4.78 is 0. The van der Waals surface area contributed by atoms with E-state index < -0.39 is 5.91 Å². The molecular formula is C9H9N5O2. The van der Waals surface area contributed by atoms with Gasteiger partial charge in [0, 0.05) is 5.69 Å². The number of H-pyrrole nitrogens is 1. The van der Waals surface area contributed by atoms with Crippen molar-refractivity contribution in [1.82, 2.24) is 15.2 Å². The molecule has 0 fully saturated rings. The van der Waals surface area contributed by atoms with Gasteiger partial charge in [0.05, 0.1) is 0 Å². The largest absolute Gasteiger partial charge is 0.508 e. The van der Waals surface area contributed by atoms with Gasteiger partial charge in [-0.3, -0.25) is 9.89 Å². The zero-order valence-electron chi connectivity index (χ0n) is 8.14. The molecule has 0 aliphatic carbocycles. The first-order valence-electron chi connectivity index (χ1n) is 4.43. The number of anilines is 2. The first kappa shape index (κ1) is 9.97. The smallest absolute Gasteiger partial charge is 0.293 e. The van der Waals surface area contributed by atoms with Crippen LogP contribution in [-0.2, 0) is 0 Å². The fourth-order valence-electron chi connectivity index (χ4n) is 1.11. The van der Waals surface area contributed by atoms with Crippen molar-refractivity contribution in [2.45, 2.75) is 0 Å². The van der Waals surface area contributed by atoms with Crippen molar-refractivity contribution in [3.05, 3.63) is 30.1 Å². The van der Waals surface area contributed by atoms with Gasteiger partial charge in [0.15, 0.2) is 0 Å². The minimum Gasteiger partial charge on any atom is -0.508 e. The van der Waals surface area contributed by atoms with Crippen molar-refractivity contribution in [3.63, 3.8) is 0 Å². The van der Waals surface area contributed by atoms with Crippen LogP contribution in [0, 0.1) is 0 Å². The number of hydrogen-bond donors (Lipinski definition) is 4. The van der Waals surface area contributed by atoms with Crippen LogP contribution in [0.15, 0.2) is 24.3 Å². The molecule has 0 spiro atoms. The predicted octanol–water partition coefficient (Wildman–Crippen LogP) is 0.345. The molecule has 0 saturated carbocycles. The molecule has 82 valence electrons. The van der Waals surface area contributed by atoms with E-state index in [0.29, 0.717) is 5.69 Å². The van der Waals surface area contributed by atoms with Gasteiger partial charge in [-0.2, -0.15) is 4.98 Å². The number of phenolic OH excluding ortho intramolecular Hbond substituents is 1. The number of amides is 1. The van der Waals surface area contributed by atoms with Gasteiger partial charge in [-0.25, -0.2) is 0 Å². The molecule has 0 atom stereocenters. The Kier molecular flexibility index (Phi) is 2.42. The number of aromatic nitrogens is 3. The van der Waals surface area contributed by atoms with Crippen molar-refractivity contribution < 1.29 is 9.90 Å². The van der Waals surface area contributed by atoms with E-state index in [0.717, 1.165) is 0 Å². The van der Waals surface area contributed by atoms with Crippen LogP contribution < -0.4 is 11.1 Å². The molecule has 5 N–H and O–H groups in total. The number of nitrogens with two attached hydrogens (primary N) is 1. The van der Waals surface area contributed by atoms with Crippen molar-refractivity contribution in [3.8, 4) is 5.75 Å². The van der Waals surface area contributed by atoms with Crippen LogP contribution >= 0.6 is 0 Å². The third-order valence-corrected chi connectivity index (χ3v) is 1.84. The molecule has 1 aromatic carbocycles. The number of nitrogen functional groups attached to an aromatic ring is 1. The summed E-state index contributed by atoms with van der Waals surface area (Å²) in [6.07, 6.45) is 0. The lowest BCUT2D eigenvalue weighted by Crippen LogP contribution is -2.13. The monoisotopic (exact) mass is 219 g/mol. The van der Waals surface area contributed by atoms with E-state index in [9.17, 15) is 4.79 Å². The number of hydrogen-bond acceptors (Lipinski definition) is 5. The van der Waals surface area contributed by atoms with Gasteiger partial charge >= 0.3 is 0 Å². The first-order chi connectivity index (χ1) is 7.65. The number of aromatic amines is 1. The maximum Gasteiger partial charge on any atom is 0.293 e. The molecule has 16 heavy (non-hydrogen) atoms. The Morgan fingerprint density at radius 2 is 2.06 bits per heavy atom. The van der Waals surface area contributed by atoms with E-state index in [1.165, 1.54) is 12.1 Å². The molecule has 1 heterocycles. The second kappa shape index (κ2) is 3.89. The summed E-state index contributed by atoms with van der Waals surface area (Å²) >= 11 is 0. The number of rotatable bonds is 2. The molecule has 0 radical (unpaired) electrons. The van der Waals surface area contributed by atoms with E-state index in [1.807, 2.05) is 0 Å². The summed E-state index contributed by atoms with van der Waals surface area (Å²) in [6, 6.07) is 6.05. The van der Waals surface area contributed by atoms with E-state index in [1.54, 1.807) is 12.1 Å². The van der Waals surface area contributed by atoms with Crippen LogP contribution in [0.4, 0.5) is 11.6 Å². The Morgan fingerprint density at radius 1 is 1.38 bits per heavy atom. The number of nitrogens with one attached hydrogen (secondary N) is 2. The van der Waals surface area contributed by atoms with Crippen LogP contribution in [0.1, 0.15) is 10.6 Å². The third kappa shape index (κ3) is 2.08. The maximum absolute atomic E-state index is 11.5. The molecule has 0 saturated heterocycles. The summed E-state index contributed by atoms with van der Waals surface area (Å²) in [7, 11) is 0. The van der Waals surface area contributed by atoms with Gasteiger partial charge < -0.3 is 16.2 Å². The quantitative estimate of drug-likeness (QED) is 0.543. The molecule has 0 aliphatic heterocycles. The fourth-order valence-corrected chi connectivity index (χ4v) is 1.11. The van der Waals surface area contributed by atoms with Crippen molar-refractivity contribution >= 4 is 17.5 Å². The lowest BCUT2D eigenvalue weighted by molar-refractivity contribution is 0.101. The molecule has 7 nitrogen and oxygen atoms in total. The molecule has 0 aliphatic rings. The highest BCUT2D eigenvalue weighted by Crippen LogP contribution is 2.14. The summed E-state index contributed by atoms with van der Waals surface area (Å²) in [6.45, 7) is 0. The van der Waals surface area contributed by atoms with Crippen molar-refractivity contribution in [2.75, 3.05) is 11.1 Å². The zero-order chi connectivity index (χ0) is 11.5. The molecular weight excluding hydrogens is 210 g/mol. The molecule has 0 unspecified atom stereocenters. The number of aromatic hydroxyl groups is 1. The van der Waals surface area contributed by atoms with E-state index in [-0.39, 0.29) is 17.5 Å². The Balaban J connectivity index is 2.10. The highest BCUT2D eigenvalue weighted by atomic mass is 16.3. The lowest BCUT2D eigenvalue weighted by atomic mass is 10.3. The van der Waals surface area contributed by atoms with Gasteiger partial charge in [0.2, 0.25) is 11.8 Å². The summed E-state index contributed by atoms with van der Waals surface area (Å²) in [5, 5.41) is 17.5. The predicted molar refractivity (Wildman–Crippen MR) is 56.9 cm³/mol. The Morgan fingerprint density at radius 3 is 2.62 bits per heavy atom. The molecule has 1 aromatic heterocycles. The zero-order valence-corrected chi connectivity index (χ0v) is 8.14. The minimum atomic E-state index is -0.449.